The van der Waals surface area contributed by atoms with E-state index in [4.69, 9.17) is 21.1 Å². The maximum atomic E-state index is 13.3. The van der Waals surface area contributed by atoms with E-state index in [1.165, 1.54) is 0 Å². The summed E-state index contributed by atoms with van der Waals surface area (Å²) in [5, 5.41) is 10.8. The first-order valence-electron chi connectivity index (χ1n) is 9.78. The van der Waals surface area contributed by atoms with Gasteiger partial charge < -0.3 is 14.8 Å². The minimum atomic E-state index is -0.637. The van der Waals surface area contributed by atoms with Crippen molar-refractivity contribution in [1.82, 2.24) is 20.5 Å². The van der Waals surface area contributed by atoms with Gasteiger partial charge in [0.05, 0.1) is 19.1 Å². The number of carbonyl (C=O) groups is 1. The second kappa shape index (κ2) is 8.85. The molecule has 0 radical (unpaired) electrons. The molecule has 3 aromatic rings. The average molecular weight is 427 g/mol. The molecule has 2 N–H and O–H groups in total. The molecule has 0 atom stereocenters. The van der Waals surface area contributed by atoms with Gasteiger partial charge in [0.2, 0.25) is 5.91 Å². The molecule has 2 aromatic carbocycles. The van der Waals surface area contributed by atoms with Crippen LogP contribution in [0, 0.1) is 0 Å². The number of rotatable bonds is 6. The van der Waals surface area contributed by atoms with Gasteiger partial charge in [-0.2, -0.15) is 5.10 Å². The SMILES string of the molecule is COc1ccc(-c2n[nH]c(CNC(=O)C3(c4ccc(Cl)cc4)CCOCC3)n2)cc1. The third-order valence-electron chi connectivity index (χ3n) is 5.47. The largest absolute Gasteiger partial charge is 0.497 e. The highest BCUT2D eigenvalue weighted by molar-refractivity contribution is 6.30. The van der Waals surface area contributed by atoms with Crippen LogP contribution in [0.3, 0.4) is 0 Å². The number of hydrogen-bond donors (Lipinski definition) is 2. The predicted octanol–water partition coefficient (Wildman–Crippen LogP) is 3.50. The fourth-order valence-electron chi connectivity index (χ4n) is 3.71. The first kappa shape index (κ1) is 20.4. The van der Waals surface area contributed by atoms with Crippen LogP contribution in [0.25, 0.3) is 11.4 Å². The van der Waals surface area contributed by atoms with Gasteiger partial charge in [-0.3, -0.25) is 9.89 Å². The summed E-state index contributed by atoms with van der Waals surface area (Å²) in [5.74, 6) is 1.88. The third-order valence-corrected chi connectivity index (χ3v) is 5.73. The Labute approximate surface area is 179 Å². The van der Waals surface area contributed by atoms with Crippen molar-refractivity contribution < 1.29 is 14.3 Å². The summed E-state index contributed by atoms with van der Waals surface area (Å²) in [7, 11) is 1.62. The summed E-state index contributed by atoms with van der Waals surface area (Å²) in [6.45, 7) is 1.35. The molecule has 0 saturated carbocycles. The lowest BCUT2D eigenvalue weighted by atomic mass is 9.73. The highest BCUT2D eigenvalue weighted by Gasteiger charge is 2.41. The predicted molar refractivity (Wildman–Crippen MR) is 113 cm³/mol. The zero-order chi connectivity index (χ0) is 21.0. The molecule has 1 fully saturated rings. The highest BCUT2D eigenvalue weighted by atomic mass is 35.5. The van der Waals surface area contributed by atoms with Crippen molar-refractivity contribution in [3.63, 3.8) is 0 Å². The zero-order valence-electron chi connectivity index (χ0n) is 16.7. The highest BCUT2D eigenvalue weighted by Crippen LogP contribution is 2.35. The molecule has 156 valence electrons. The van der Waals surface area contributed by atoms with E-state index in [2.05, 4.69) is 20.5 Å². The monoisotopic (exact) mass is 426 g/mol. The van der Waals surface area contributed by atoms with Gasteiger partial charge in [-0.1, -0.05) is 23.7 Å². The Morgan fingerprint density at radius 2 is 1.87 bits per heavy atom. The van der Waals surface area contributed by atoms with Gasteiger partial charge >= 0.3 is 0 Å². The maximum absolute atomic E-state index is 13.3. The summed E-state index contributed by atoms with van der Waals surface area (Å²) in [6.07, 6.45) is 1.24. The van der Waals surface area contributed by atoms with Gasteiger partial charge in [-0.25, -0.2) is 4.98 Å². The Morgan fingerprint density at radius 3 is 2.53 bits per heavy atom. The Bertz CT molecular complexity index is 996. The molecule has 2 heterocycles. The van der Waals surface area contributed by atoms with Crippen molar-refractivity contribution >= 4 is 17.5 Å². The lowest BCUT2D eigenvalue weighted by Gasteiger charge is -2.36. The fraction of sp³-hybridized carbons (Fsp3) is 0.318. The van der Waals surface area contributed by atoms with Crippen LogP contribution in [0.4, 0.5) is 0 Å². The molecule has 4 rings (SSSR count). The van der Waals surface area contributed by atoms with Crippen LogP contribution in [0.15, 0.2) is 48.5 Å². The van der Waals surface area contributed by atoms with Gasteiger partial charge in [0, 0.05) is 23.8 Å². The van der Waals surface area contributed by atoms with E-state index in [1.54, 1.807) is 7.11 Å². The van der Waals surface area contributed by atoms with Crippen molar-refractivity contribution in [3.8, 4) is 17.1 Å². The number of nitrogens with zero attached hydrogens (tertiary/aromatic N) is 2. The van der Waals surface area contributed by atoms with Crippen LogP contribution in [-0.4, -0.2) is 41.4 Å². The molecular weight excluding hydrogens is 404 g/mol. The first-order valence-corrected chi connectivity index (χ1v) is 10.2. The molecule has 1 aliphatic heterocycles. The van der Waals surface area contributed by atoms with Crippen LogP contribution >= 0.6 is 11.6 Å². The number of nitrogens with one attached hydrogen (secondary N) is 2. The topological polar surface area (TPSA) is 89.1 Å². The smallest absolute Gasteiger partial charge is 0.231 e. The Morgan fingerprint density at radius 1 is 1.17 bits per heavy atom. The summed E-state index contributed by atoms with van der Waals surface area (Å²) in [4.78, 5) is 17.7. The molecule has 30 heavy (non-hydrogen) atoms. The number of halogens is 1. The molecule has 1 amide bonds. The van der Waals surface area contributed by atoms with Gasteiger partial charge in [-0.05, 0) is 54.8 Å². The second-order valence-corrected chi connectivity index (χ2v) is 7.65. The quantitative estimate of drug-likeness (QED) is 0.629. The summed E-state index contributed by atoms with van der Waals surface area (Å²) >= 11 is 6.03. The molecule has 1 saturated heterocycles. The van der Waals surface area contributed by atoms with Crippen molar-refractivity contribution in [2.24, 2.45) is 0 Å². The fourth-order valence-corrected chi connectivity index (χ4v) is 3.84. The number of H-pyrrole nitrogens is 1. The maximum Gasteiger partial charge on any atom is 0.231 e. The van der Waals surface area contributed by atoms with Crippen molar-refractivity contribution in [2.75, 3.05) is 20.3 Å². The van der Waals surface area contributed by atoms with Gasteiger partial charge in [-0.15, -0.1) is 0 Å². The van der Waals surface area contributed by atoms with E-state index < -0.39 is 5.41 Å². The minimum absolute atomic E-state index is 0.0458. The molecule has 1 aromatic heterocycles. The molecule has 7 nitrogen and oxygen atoms in total. The molecule has 8 heteroatoms. The number of amides is 1. The second-order valence-electron chi connectivity index (χ2n) is 7.22. The van der Waals surface area contributed by atoms with Crippen molar-refractivity contribution in [1.29, 1.82) is 0 Å². The number of aromatic amines is 1. The normalized spacial score (nSPS) is 15.5. The Balaban J connectivity index is 1.47. The number of aromatic nitrogens is 3. The zero-order valence-corrected chi connectivity index (χ0v) is 17.4. The molecule has 1 aliphatic rings. The molecule has 0 unspecified atom stereocenters. The molecule has 0 spiro atoms. The van der Waals surface area contributed by atoms with E-state index in [0.717, 1.165) is 16.9 Å². The number of ether oxygens (including phenoxy) is 2. The van der Waals surface area contributed by atoms with Crippen LogP contribution in [0.1, 0.15) is 24.2 Å². The van der Waals surface area contributed by atoms with Crippen LogP contribution in [0.5, 0.6) is 5.75 Å². The van der Waals surface area contributed by atoms with Gasteiger partial charge in [0.25, 0.3) is 0 Å². The summed E-state index contributed by atoms with van der Waals surface area (Å²) < 4.78 is 10.7. The number of benzene rings is 2. The van der Waals surface area contributed by atoms with E-state index in [-0.39, 0.29) is 12.5 Å². The van der Waals surface area contributed by atoms with Crippen LogP contribution < -0.4 is 10.1 Å². The van der Waals surface area contributed by atoms with Crippen LogP contribution in [0.2, 0.25) is 5.02 Å². The summed E-state index contributed by atoms with van der Waals surface area (Å²) in [6, 6.07) is 15.0. The van der Waals surface area contributed by atoms with Crippen molar-refractivity contribution in [2.45, 2.75) is 24.8 Å². The van der Waals surface area contributed by atoms with Gasteiger partial charge in [0.15, 0.2) is 5.82 Å². The minimum Gasteiger partial charge on any atom is -0.497 e. The van der Waals surface area contributed by atoms with Gasteiger partial charge in [0.1, 0.15) is 11.6 Å². The number of carbonyl (C=O) groups excluding carboxylic acids is 1. The van der Waals surface area contributed by atoms with Crippen molar-refractivity contribution in [3.05, 3.63) is 64.9 Å². The lowest BCUT2D eigenvalue weighted by Crippen LogP contribution is -2.47. The van der Waals surface area contributed by atoms with E-state index in [0.29, 0.717) is 42.7 Å². The number of hydrogen-bond acceptors (Lipinski definition) is 5. The molecule has 0 aliphatic carbocycles. The standard InChI is InChI=1S/C22H23ClN4O3/c1-29-18-8-2-15(3-9-18)20-25-19(26-27-20)14-24-21(28)22(10-12-30-13-11-22)16-4-6-17(23)7-5-16/h2-9H,10-14H2,1H3,(H,24,28)(H,25,26,27). The third kappa shape index (κ3) is 4.17. The Kier molecular flexibility index (Phi) is 6.01. The molecular formula is C22H23ClN4O3. The van der Waals surface area contributed by atoms with E-state index in [1.807, 2.05) is 48.5 Å². The molecule has 0 bridgehead atoms. The number of methoxy groups -OCH3 is 1. The average Bonchev–Trinajstić information content (AvgIpc) is 3.27. The van der Waals surface area contributed by atoms with Crippen LogP contribution in [-0.2, 0) is 21.5 Å². The Hall–Kier alpha value is -2.90. The lowest BCUT2D eigenvalue weighted by molar-refractivity contribution is -0.130. The summed E-state index contributed by atoms with van der Waals surface area (Å²) in [5.41, 5.74) is 1.18. The van der Waals surface area contributed by atoms with E-state index in [9.17, 15) is 4.79 Å². The van der Waals surface area contributed by atoms with E-state index >= 15 is 0 Å². The first-order chi connectivity index (χ1) is 14.6.